The Kier molecular flexibility index (Phi) is 5.61. The highest BCUT2D eigenvalue weighted by Crippen LogP contribution is 2.10. The number of carbonyl (C=O) groups excluding carboxylic acids is 1. The maximum atomic E-state index is 12.0. The quantitative estimate of drug-likeness (QED) is 0.752. The van der Waals surface area contributed by atoms with Gasteiger partial charge in [0.05, 0.1) is 4.90 Å². The topological polar surface area (TPSA) is 88.2 Å². The van der Waals surface area contributed by atoms with E-state index < -0.39 is 10.0 Å². The number of pyridine rings is 1. The Labute approximate surface area is 135 Å². The van der Waals surface area contributed by atoms with E-state index in [9.17, 15) is 13.2 Å². The lowest BCUT2D eigenvalue weighted by Gasteiger charge is -2.07. The van der Waals surface area contributed by atoms with Crippen LogP contribution in [0.1, 0.15) is 15.9 Å². The Morgan fingerprint density at radius 2 is 1.78 bits per heavy atom. The minimum atomic E-state index is -3.58. The van der Waals surface area contributed by atoms with E-state index in [2.05, 4.69) is 21.6 Å². The van der Waals surface area contributed by atoms with Gasteiger partial charge in [0.25, 0.3) is 5.91 Å². The summed E-state index contributed by atoms with van der Waals surface area (Å²) in [6.07, 6.45) is 4.76. The first kappa shape index (κ1) is 16.9. The Balaban J connectivity index is 2.01. The third-order valence-electron chi connectivity index (χ3n) is 3.05. The van der Waals surface area contributed by atoms with Crippen LogP contribution in [0.2, 0.25) is 0 Å². The summed E-state index contributed by atoms with van der Waals surface area (Å²) in [5, 5.41) is 2.76. The van der Waals surface area contributed by atoms with Gasteiger partial charge >= 0.3 is 0 Å². The standard InChI is InChI=1S/C16H17N3O3S/c1-2-9-19-23(21,22)15-5-3-14(4-6-15)16(20)18-12-13-7-10-17-11-8-13/h2-8,10-11,19H,1,9,12H2,(H,18,20). The van der Waals surface area contributed by atoms with Gasteiger partial charge in [0.15, 0.2) is 0 Å². The molecule has 0 aliphatic rings. The average Bonchev–Trinajstić information content (AvgIpc) is 2.59. The smallest absolute Gasteiger partial charge is 0.251 e. The van der Waals surface area contributed by atoms with Crippen molar-refractivity contribution >= 4 is 15.9 Å². The molecule has 7 heteroatoms. The Morgan fingerprint density at radius 1 is 1.13 bits per heavy atom. The van der Waals surface area contributed by atoms with Gasteiger partial charge in [-0.2, -0.15) is 0 Å². The second-order valence-electron chi connectivity index (χ2n) is 4.70. The van der Waals surface area contributed by atoms with E-state index >= 15 is 0 Å². The van der Waals surface area contributed by atoms with Crippen LogP contribution in [-0.2, 0) is 16.6 Å². The molecule has 0 fully saturated rings. The van der Waals surface area contributed by atoms with Crippen LogP contribution in [-0.4, -0.2) is 25.9 Å². The van der Waals surface area contributed by atoms with Crippen molar-refractivity contribution in [2.24, 2.45) is 0 Å². The van der Waals surface area contributed by atoms with Gasteiger partial charge in [-0.15, -0.1) is 6.58 Å². The minimum Gasteiger partial charge on any atom is -0.348 e. The van der Waals surface area contributed by atoms with Crippen LogP contribution in [0, 0.1) is 0 Å². The van der Waals surface area contributed by atoms with Crippen LogP contribution in [0.3, 0.4) is 0 Å². The fourth-order valence-corrected chi connectivity index (χ4v) is 2.82. The molecule has 6 nitrogen and oxygen atoms in total. The molecule has 120 valence electrons. The van der Waals surface area contributed by atoms with Gasteiger partial charge in [0, 0.05) is 31.0 Å². The van der Waals surface area contributed by atoms with Crippen LogP contribution in [0.4, 0.5) is 0 Å². The lowest BCUT2D eigenvalue weighted by molar-refractivity contribution is 0.0951. The number of aromatic nitrogens is 1. The van der Waals surface area contributed by atoms with E-state index in [4.69, 9.17) is 0 Å². The van der Waals surface area contributed by atoms with Gasteiger partial charge in [-0.25, -0.2) is 13.1 Å². The first-order valence-corrected chi connectivity index (χ1v) is 8.39. The Bertz CT molecular complexity index is 772. The van der Waals surface area contributed by atoms with Gasteiger partial charge in [0.2, 0.25) is 10.0 Å². The van der Waals surface area contributed by atoms with E-state index in [1.54, 1.807) is 24.5 Å². The number of rotatable bonds is 7. The van der Waals surface area contributed by atoms with E-state index in [0.29, 0.717) is 12.1 Å². The number of nitrogens with zero attached hydrogens (tertiary/aromatic N) is 1. The normalized spacial score (nSPS) is 11.0. The van der Waals surface area contributed by atoms with Gasteiger partial charge < -0.3 is 5.32 Å². The zero-order valence-electron chi connectivity index (χ0n) is 12.4. The number of amides is 1. The molecule has 2 N–H and O–H groups in total. The van der Waals surface area contributed by atoms with Crippen LogP contribution in [0.25, 0.3) is 0 Å². The number of hydrogen-bond donors (Lipinski definition) is 2. The van der Waals surface area contributed by atoms with Crippen molar-refractivity contribution in [1.29, 1.82) is 0 Å². The molecule has 1 aromatic heterocycles. The monoisotopic (exact) mass is 331 g/mol. The zero-order chi connectivity index (χ0) is 16.7. The summed E-state index contributed by atoms with van der Waals surface area (Å²) >= 11 is 0. The minimum absolute atomic E-state index is 0.102. The Morgan fingerprint density at radius 3 is 2.39 bits per heavy atom. The number of nitrogens with one attached hydrogen (secondary N) is 2. The summed E-state index contributed by atoms with van der Waals surface area (Å²) in [6, 6.07) is 9.36. The molecule has 2 rings (SSSR count). The fourth-order valence-electron chi connectivity index (χ4n) is 1.82. The number of carbonyl (C=O) groups is 1. The largest absolute Gasteiger partial charge is 0.348 e. The first-order chi connectivity index (χ1) is 11.0. The fraction of sp³-hybridized carbons (Fsp3) is 0.125. The van der Waals surface area contributed by atoms with Crippen molar-refractivity contribution in [2.75, 3.05) is 6.54 Å². The molecule has 23 heavy (non-hydrogen) atoms. The molecule has 0 bridgehead atoms. The number of hydrogen-bond acceptors (Lipinski definition) is 4. The molecule has 0 aliphatic heterocycles. The number of sulfonamides is 1. The molecule has 0 spiro atoms. The number of benzene rings is 1. The molecule has 0 unspecified atom stereocenters. The van der Waals surface area contributed by atoms with E-state index in [1.807, 2.05) is 0 Å². The molecular weight excluding hydrogens is 314 g/mol. The van der Waals surface area contributed by atoms with Gasteiger partial charge in [-0.3, -0.25) is 9.78 Å². The average molecular weight is 331 g/mol. The molecule has 0 saturated heterocycles. The van der Waals surface area contributed by atoms with Crippen LogP contribution in [0.5, 0.6) is 0 Å². The second-order valence-corrected chi connectivity index (χ2v) is 6.47. The van der Waals surface area contributed by atoms with E-state index in [1.165, 1.54) is 30.3 Å². The SMILES string of the molecule is C=CCNS(=O)(=O)c1ccc(C(=O)NCc2ccncc2)cc1. The molecule has 1 heterocycles. The molecule has 2 aromatic rings. The van der Waals surface area contributed by atoms with E-state index in [0.717, 1.165) is 5.56 Å². The van der Waals surface area contributed by atoms with Gasteiger partial charge in [0.1, 0.15) is 0 Å². The zero-order valence-corrected chi connectivity index (χ0v) is 13.2. The molecular formula is C16H17N3O3S. The Hall–Kier alpha value is -2.51. The predicted octanol–water partition coefficient (Wildman–Crippen LogP) is 1.48. The lowest BCUT2D eigenvalue weighted by Crippen LogP contribution is -2.24. The lowest BCUT2D eigenvalue weighted by atomic mass is 10.2. The summed E-state index contributed by atoms with van der Waals surface area (Å²) in [5.74, 6) is -0.273. The molecule has 0 aliphatic carbocycles. The molecule has 1 amide bonds. The maximum Gasteiger partial charge on any atom is 0.251 e. The molecule has 0 atom stereocenters. The summed E-state index contributed by atoms with van der Waals surface area (Å²) in [4.78, 5) is 16.1. The third kappa shape index (κ3) is 4.73. The predicted molar refractivity (Wildman–Crippen MR) is 87.2 cm³/mol. The highest BCUT2D eigenvalue weighted by Gasteiger charge is 2.13. The van der Waals surface area contributed by atoms with Crippen LogP contribution in [0.15, 0.2) is 66.3 Å². The molecule has 1 aromatic carbocycles. The summed E-state index contributed by atoms with van der Waals surface area (Å²) in [6.45, 7) is 3.98. The molecule has 0 saturated carbocycles. The van der Waals surface area contributed by atoms with Crippen LogP contribution >= 0.6 is 0 Å². The summed E-state index contributed by atoms with van der Waals surface area (Å²) in [7, 11) is -3.58. The highest BCUT2D eigenvalue weighted by molar-refractivity contribution is 7.89. The highest BCUT2D eigenvalue weighted by atomic mass is 32.2. The summed E-state index contributed by atoms with van der Waals surface area (Å²) in [5.41, 5.74) is 1.32. The molecule has 0 radical (unpaired) electrons. The van der Waals surface area contributed by atoms with Crippen molar-refractivity contribution in [1.82, 2.24) is 15.0 Å². The summed E-state index contributed by atoms with van der Waals surface area (Å²) < 4.78 is 26.2. The second kappa shape index (κ2) is 7.66. The maximum absolute atomic E-state index is 12.0. The van der Waals surface area contributed by atoms with Crippen molar-refractivity contribution in [3.63, 3.8) is 0 Å². The first-order valence-electron chi connectivity index (χ1n) is 6.90. The van der Waals surface area contributed by atoms with Gasteiger partial charge in [-0.1, -0.05) is 6.08 Å². The van der Waals surface area contributed by atoms with Gasteiger partial charge in [-0.05, 0) is 42.0 Å². The van der Waals surface area contributed by atoms with Crippen molar-refractivity contribution in [3.05, 3.63) is 72.6 Å². The van der Waals surface area contributed by atoms with E-state index in [-0.39, 0.29) is 17.3 Å². The third-order valence-corrected chi connectivity index (χ3v) is 4.49. The van der Waals surface area contributed by atoms with Crippen molar-refractivity contribution < 1.29 is 13.2 Å². The van der Waals surface area contributed by atoms with Crippen LogP contribution < -0.4 is 10.0 Å². The van der Waals surface area contributed by atoms with Crippen molar-refractivity contribution in [2.45, 2.75) is 11.4 Å². The van der Waals surface area contributed by atoms with Crippen molar-refractivity contribution in [3.8, 4) is 0 Å².